The molecule has 2 aliphatic heterocycles. The van der Waals surface area contributed by atoms with Crippen LogP contribution in [0, 0.1) is 0 Å². The van der Waals surface area contributed by atoms with Gasteiger partial charge in [-0.1, -0.05) is 6.92 Å². The SMILES string of the molecule is CCNC.CN1CCN(C2CCNCC2)CC1. The quantitative estimate of drug-likeness (QED) is 0.725. The molecule has 0 spiro atoms. The molecule has 0 aromatic heterocycles. The van der Waals surface area contributed by atoms with Crippen LogP contribution in [0.1, 0.15) is 19.8 Å². The Morgan fingerprint density at radius 1 is 1.12 bits per heavy atom. The molecule has 0 radical (unpaired) electrons. The van der Waals surface area contributed by atoms with E-state index in [4.69, 9.17) is 0 Å². The second-order valence-corrected chi connectivity index (χ2v) is 5.03. The number of hydrogen-bond acceptors (Lipinski definition) is 4. The lowest BCUT2D eigenvalue weighted by Gasteiger charge is -2.39. The Balaban J connectivity index is 0.000000317. The van der Waals surface area contributed by atoms with Gasteiger partial charge in [-0.05, 0) is 46.6 Å². The van der Waals surface area contributed by atoms with Gasteiger partial charge in [0.25, 0.3) is 0 Å². The lowest BCUT2D eigenvalue weighted by Crippen LogP contribution is -2.51. The Labute approximate surface area is 107 Å². The number of piperazine rings is 1. The van der Waals surface area contributed by atoms with Gasteiger partial charge in [-0.2, -0.15) is 0 Å². The van der Waals surface area contributed by atoms with Crippen molar-refractivity contribution >= 4 is 0 Å². The largest absolute Gasteiger partial charge is 0.320 e. The van der Waals surface area contributed by atoms with Gasteiger partial charge >= 0.3 is 0 Å². The fourth-order valence-electron chi connectivity index (χ4n) is 2.36. The minimum absolute atomic E-state index is 0.870. The molecule has 2 heterocycles. The second-order valence-electron chi connectivity index (χ2n) is 5.03. The number of hydrogen-bond donors (Lipinski definition) is 2. The molecule has 102 valence electrons. The molecule has 17 heavy (non-hydrogen) atoms. The first kappa shape index (κ1) is 14.9. The molecule has 2 saturated heterocycles. The molecule has 2 N–H and O–H groups in total. The standard InChI is InChI=1S/C10H21N3.C3H9N/c1-12-6-8-13(9-7-12)10-2-4-11-5-3-10;1-3-4-2/h10-11H,2-9H2,1H3;4H,3H2,1-2H3. The van der Waals surface area contributed by atoms with Crippen LogP contribution in [0.15, 0.2) is 0 Å². The molecular formula is C13H30N4. The zero-order valence-corrected chi connectivity index (χ0v) is 11.8. The van der Waals surface area contributed by atoms with Crippen LogP contribution in [0.4, 0.5) is 0 Å². The van der Waals surface area contributed by atoms with Crippen LogP contribution < -0.4 is 10.6 Å². The van der Waals surface area contributed by atoms with Crippen LogP contribution in [-0.2, 0) is 0 Å². The van der Waals surface area contributed by atoms with Crippen molar-refractivity contribution in [3.8, 4) is 0 Å². The average Bonchev–Trinajstić information content (AvgIpc) is 2.41. The minimum atomic E-state index is 0.870. The highest BCUT2D eigenvalue weighted by atomic mass is 15.3. The summed E-state index contributed by atoms with van der Waals surface area (Å²) in [5, 5.41) is 6.36. The average molecular weight is 242 g/mol. The van der Waals surface area contributed by atoms with Gasteiger partial charge in [0.2, 0.25) is 0 Å². The molecule has 2 aliphatic rings. The van der Waals surface area contributed by atoms with Crippen LogP contribution in [-0.4, -0.2) is 75.8 Å². The van der Waals surface area contributed by atoms with Crippen LogP contribution in [0.5, 0.6) is 0 Å². The van der Waals surface area contributed by atoms with E-state index in [1.54, 1.807) is 0 Å². The fraction of sp³-hybridized carbons (Fsp3) is 1.00. The van der Waals surface area contributed by atoms with E-state index in [0.29, 0.717) is 0 Å². The lowest BCUT2D eigenvalue weighted by molar-refractivity contribution is 0.0948. The zero-order chi connectivity index (χ0) is 12.5. The molecule has 0 saturated carbocycles. The molecular weight excluding hydrogens is 212 g/mol. The summed E-state index contributed by atoms with van der Waals surface area (Å²) in [6, 6.07) is 0.870. The highest BCUT2D eigenvalue weighted by molar-refractivity contribution is 4.81. The van der Waals surface area contributed by atoms with Crippen molar-refractivity contribution in [2.75, 3.05) is 59.9 Å². The molecule has 4 nitrogen and oxygen atoms in total. The highest BCUT2D eigenvalue weighted by Gasteiger charge is 2.23. The van der Waals surface area contributed by atoms with Crippen molar-refractivity contribution < 1.29 is 0 Å². The summed E-state index contributed by atoms with van der Waals surface area (Å²) in [6.07, 6.45) is 2.70. The van der Waals surface area contributed by atoms with E-state index < -0.39 is 0 Å². The number of piperidine rings is 1. The van der Waals surface area contributed by atoms with E-state index in [1.165, 1.54) is 52.1 Å². The Morgan fingerprint density at radius 3 is 2.12 bits per heavy atom. The first-order valence-corrected chi connectivity index (χ1v) is 7.05. The van der Waals surface area contributed by atoms with Crippen molar-refractivity contribution in [1.29, 1.82) is 0 Å². The summed E-state index contributed by atoms with van der Waals surface area (Å²) in [5.41, 5.74) is 0. The molecule has 0 aromatic rings. The maximum absolute atomic E-state index is 3.43. The highest BCUT2D eigenvalue weighted by Crippen LogP contribution is 2.13. The van der Waals surface area contributed by atoms with Crippen LogP contribution >= 0.6 is 0 Å². The molecule has 0 aliphatic carbocycles. The summed E-state index contributed by atoms with van der Waals surface area (Å²) in [5.74, 6) is 0. The third-order valence-corrected chi connectivity index (χ3v) is 3.72. The number of nitrogens with one attached hydrogen (secondary N) is 2. The van der Waals surface area contributed by atoms with Crippen LogP contribution in [0.3, 0.4) is 0 Å². The maximum atomic E-state index is 3.43. The van der Waals surface area contributed by atoms with Crippen molar-refractivity contribution in [1.82, 2.24) is 20.4 Å². The summed E-state index contributed by atoms with van der Waals surface area (Å²) < 4.78 is 0. The van der Waals surface area contributed by atoms with Gasteiger partial charge in [0.15, 0.2) is 0 Å². The van der Waals surface area contributed by atoms with Gasteiger partial charge in [-0.25, -0.2) is 0 Å². The van der Waals surface area contributed by atoms with Gasteiger partial charge in [-0.15, -0.1) is 0 Å². The van der Waals surface area contributed by atoms with E-state index in [0.717, 1.165) is 12.6 Å². The molecule has 2 fully saturated rings. The zero-order valence-electron chi connectivity index (χ0n) is 11.8. The normalized spacial score (nSPS) is 24.2. The predicted molar refractivity (Wildman–Crippen MR) is 74.6 cm³/mol. The minimum Gasteiger partial charge on any atom is -0.320 e. The van der Waals surface area contributed by atoms with Gasteiger partial charge in [0, 0.05) is 32.2 Å². The maximum Gasteiger partial charge on any atom is 0.0120 e. The molecule has 0 aromatic carbocycles. The van der Waals surface area contributed by atoms with Gasteiger partial charge in [-0.3, -0.25) is 4.90 Å². The van der Waals surface area contributed by atoms with E-state index in [1.807, 2.05) is 7.05 Å². The summed E-state index contributed by atoms with van der Waals surface area (Å²) >= 11 is 0. The first-order chi connectivity index (χ1) is 8.27. The lowest BCUT2D eigenvalue weighted by atomic mass is 10.0. The van der Waals surface area contributed by atoms with Crippen molar-refractivity contribution in [2.24, 2.45) is 0 Å². The molecule has 0 amide bonds. The van der Waals surface area contributed by atoms with E-state index in [-0.39, 0.29) is 0 Å². The van der Waals surface area contributed by atoms with Crippen LogP contribution in [0.2, 0.25) is 0 Å². The van der Waals surface area contributed by atoms with Gasteiger partial charge in [0.1, 0.15) is 0 Å². The van der Waals surface area contributed by atoms with Gasteiger partial charge in [0.05, 0.1) is 0 Å². The van der Waals surface area contributed by atoms with Crippen molar-refractivity contribution in [3.05, 3.63) is 0 Å². The summed E-state index contributed by atoms with van der Waals surface area (Å²) in [4.78, 5) is 5.11. The van der Waals surface area contributed by atoms with Crippen molar-refractivity contribution in [3.63, 3.8) is 0 Å². The molecule has 0 bridgehead atoms. The Bertz CT molecular complexity index is 170. The fourth-order valence-corrected chi connectivity index (χ4v) is 2.36. The Kier molecular flexibility index (Phi) is 7.77. The molecule has 0 atom stereocenters. The van der Waals surface area contributed by atoms with E-state index >= 15 is 0 Å². The number of likely N-dealkylation sites (N-methyl/N-ethyl adjacent to an activating group) is 1. The van der Waals surface area contributed by atoms with E-state index in [2.05, 4.69) is 34.4 Å². The van der Waals surface area contributed by atoms with Crippen molar-refractivity contribution in [2.45, 2.75) is 25.8 Å². The topological polar surface area (TPSA) is 30.5 Å². The smallest absolute Gasteiger partial charge is 0.0120 e. The number of nitrogens with zero attached hydrogens (tertiary/aromatic N) is 2. The third-order valence-electron chi connectivity index (χ3n) is 3.72. The summed E-state index contributed by atoms with van der Waals surface area (Å²) in [7, 11) is 4.15. The Morgan fingerprint density at radius 2 is 1.65 bits per heavy atom. The second kappa shape index (κ2) is 8.86. The molecule has 0 unspecified atom stereocenters. The molecule has 2 rings (SSSR count). The van der Waals surface area contributed by atoms with Crippen LogP contribution in [0.25, 0.3) is 0 Å². The van der Waals surface area contributed by atoms with E-state index in [9.17, 15) is 0 Å². The summed E-state index contributed by atoms with van der Waals surface area (Å²) in [6.45, 7) is 10.6. The monoisotopic (exact) mass is 242 g/mol. The Hall–Kier alpha value is -0.160. The first-order valence-electron chi connectivity index (χ1n) is 7.05. The predicted octanol–water partition coefficient (Wildman–Crippen LogP) is 0.212. The third kappa shape index (κ3) is 5.82. The van der Waals surface area contributed by atoms with Gasteiger partial charge < -0.3 is 15.5 Å². The number of rotatable bonds is 2. The molecule has 4 heteroatoms.